The van der Waals surface area contributed by atoms with Gasteiger partial charge in [-0.3, -0.25) is 4.79 Å². The number of piperidine rings is 1. The van der Waals surface area contributed by atoms with Crippen LogP contribution in [0.25, 0.3) is 0 Å². The molecule has 24 heavy (non-hydrogen) atoms. The van der Waals surface area contributed by atoms with Crippen molar-refractivity contribution in [2.24, 2.45) is 11.7 Å². The van der Waals surface area contributed by atoms with Gasteiger partial charge in [-0.2, -0.15) is 0 Å². The number of sulfone groups is 1. The summed E-state index contributed by atoms with van der Waals surface area (Å²) in [6, 6.07) is 3.97. The maximum atomic E-state index is 12.8. The predicted molar refractivity (Wildman–Crippen MR) is 85.3 cm³/mol. The summed E-state index contributed by atoms with van der Waals surface area (Å²) in [6.07, 6.45) is 1.30. The van der Waals surface area contributed by atoms with E-state index in [1.807, 2.05) is 0 Å². The Morgan fingerprint density at radius 2 is 1.96 bits per heavy atom. The molecule has 1 fully saturated rings. The molecule has 0 aromatic heterocycles. The monoisotopic (exact) mass is 357 g/mol. The first-order valence-electron chi connectivity index (χ1n) is 7.60. The largest absolute Gasteiger partial charge is 0.355 e. The van der Waals surface area contributed by atoms with Gasteiger partial charge in [-0.1, -0.05) is 0 Å². The minimum Gasteiger partial charge on any atom is -0.355 e. The number of hydrogen-bond donors (Lipinski definition) is 2. The number of carbonyl (C=O) groups is 2. The molecule has 1 aromatic carbocycles. The van der Waals surface area contributed by atoms with E-state index in [0.717, 1.165) is 12.1 Å². The van der Waals surface area contributed by atoms with Crippen LogP contribution >= 0.6 is 0 Å². The van der Waals surface area contributed by atoms with Crippen LogP contribution in [-0.4, -0.2) is 50.6 Å². The quantitative estimate of drug-likeness (QED) is 0.748. The van der Waals surface area contributed by atoms with Gasteiger partial charge in [0.2, 0.25) is 5.91 Å². The van der Waals surface area contributed by atoms with E-state index in [0.29, 0.717) is 19.4 Å². The SMILES string of the molecule is NC(=O)N1CCCC(C(=O)NCCS(=O)(=O)c2ccc(F)cc2)C1. The summed E-state index contributed by atoms with van der Waals surface area (Å²) in [6.45, 7) is 0.718. The molecule has 0 bridgehead atoms. The number of likely N-dealkylation sites (tertiary alicyclic amines) is 1. The average molecular weight is 357 g/mol. The lowest BCUT2D eigenvalue weighted by Crippen LogP contribution is -2.47. The number of nitrogens with one attached hydrogen (secondary N) is 1. The zero-order chi connectivity index (χ0) is 17.7. The summed E-state index contributed by atoms with van der Waals surface area (Å²) < 4.78 is 37.0. The Labute approximate surface area is 139 Å². The molecule has 3 amide bonds. The van der Waals surface area contributed by atoms with Gasteiger partial charge in [0, 0.05) is 19.6 Å². The molecule has 0 radical (unpaired) electrons. The molecule has 3 N–H and O–H groups in total. The van der Waals surface area contributed by atoms with Crippen LogP contribution in [0.15, 0.2) is 29.2 Å². The first-order valence-corrected chi connectivity index (χ1v) is 9.25. The Morgan fingerprint density at radius 3 is 2.58 bits per heavy atom. The summed E-state index contributed by atoms with van der Waals surface area (Å²) in [5, 5.41) is 2.58. The molecule has 2 rings (SSSR count). The lowest BCUT2D eigenvalue weighted by molar-refractivity contribution is -0.126. The summed E-state index contributed by atoms with van der Waals surface area (Å²) in [5.74, 6) is -1.48. The summed E-state index contributed by atoms with van der Waals surface area (Å²) in [7, 11) is -3.59. The molecule has 9 heteroatoms. The summed E-state index contributed by atoms with van der Waals surface area (Å²) >= 11 is 0. The molecule has 1 aromatic rings. The van der Waals surface area contributed by atoms with Crippen LogP contribution in [0, 0.1) is 11.7 Å². The number of benzene rings is 1. The smallest absolute Gasteiger partial charge is 0.314 e. The van der Waals surface area contributed by atoms with Crippen molar-refractivity contribution in [1.29, 1.82) is 0 Å². The van der Waals surface area contributed by atoms with E-state index >= 15 is 0 Å². The lowest BCUT2D eigenvalue weighted by atomic mass is 9.97. The third-order valence-corrected chi connectivity index (χ3v) is 5.68. The number of carbonyl (C=O) groups excluding carboxylic acids is 2. The molecule has 1 atom stereocenters. The van der Waals surface area contributed by atoms with Gasteiger partial charge in [-0.15, -0.1) is 0 Å². The highest BCUT2D eigenvalue weighted by Crippen LogP contribution is 2.16. The first kappa shape index (κ1) is 18.2. The molecule has 1 unspecified atom stereocenters. The number of nitrogens with zero attached hydrogens (tertiary/aromatic N) is 1. The van der Waals surface area contributed by atoms with Crippen molar-refractivity contribution in [2.75, 3.05) is 25.4 Å². The Kier molecular flexibility index (Phi) is 5.76. The van der Waals surface area contributed by atoms with E-state index < -0.39 is 21.7 Å². The van der Waals surface area contributed by atoms with E-state index in [-0.39, 0.29) is 35.6 Å². The third-order valence-electron chi connectivity index (χ3n) is 3.95. The Bertz CT molecular complexity index is 706. The number of rotatable bonds is 5. The first-order chi connectivity index (χ1) is 11.3. The zero-order valence-electron chi connectivity index (χ0n) is 13.1. The highest BCUT2D eigenvalue weighted by Gasteiger charge is 2.27. The van der Waals surface area contributed by atoms with E-state index in [1.165, 1.54) is 17.0 Å². The van der Waals surface area contributed by atoms with Gasteiger partial charge >= 0.3 is 6.03 Å². The average Bonchev–Trinajstić information content (AvgIpc) is 2.55. The van der Waals surface area contributed by atoms with Gasteiger partial charge in [0.15, 0.2) is 9.84 Å². The Balaban J connectivity index is 1.85. The van der Waals surface area contributed by atoms with Crippen molar-refractivity contribution in [3.05, 3.63) is 30.1 Å². The molecular formula is C15H20FN3O4S. The van der Waals surface area contributed by atoms with Gasteiger partial charge in [0.25, 0.3) is 0 Å². The van der Waals surface area contributed by atoms with Crippen molar-refractivity contribution in [3.63, 3.8) is 0 Å². The number of hydrogen-bond acceptors (Lipinski definition) is 4. The normalized spacial score (nSPS) is 18.2. The number of amides is 3. The van der Waals surface area contributed by atoms with E-state index in [9.17, 15) is 22.4 Å². The molecule has 1 aliphatic rings. The predicted octanol–water partition coefficient (Wildman–Crippen LogP) is 0.506. The van der Waals surface area contributed by atoms with Gasteiger partial charge in [0.05, 0.1) is 16.6 Å². The third kappa shape index (κ3) is 4.67. The number of primary amides is 1. The van der Waals surface area contributed by atoms with E-state index in [1.54, 1.807) is 0 Å². The van der Waals surface area contributed by atoms with Crippen molar-refractivity contribution >= 4 is 21.8 Å². The second-order valence-electron chi connectivity index (χ2n) is 5.69. The van der Waals surface area contributed by atoms with Crippen LogP contribution in [0.3, 0.4) is 0 Å². The number of urea groups is 1. The molecular weight excluding hydrogens is 337 g/mol. The highest BCUT2D eigenvalue weighted by molar-refractivity contribution is 7.91. The van der Waals surface area contributed by atoms with Gasteiger partial charge in [-0.25, -0.2) is 17.6 Å². The van der Waals surface area contributed by atoms with Crippen LogP contribution in [-0.2, 0) is 14.6 Å². The van der Waals surface area contributed by atoms with Crippen molar-refractivity contribution < 1.29 is 22.4 Å². The molecule has 0 saturated carbocycles. The fraction of sp³-hybridized carbons (Fsp3) is 0.467. The summed E-state index contributed by atoms with van der Waals surface area (Å²) in [5.41, 5.74) is 5.21. The van der Waals surface area contributed by atoms with Crippen LogP contribution in [0.4, 0.5) is 9.18 Å². The van der Waals surface area contributed by atoms with Crippen molar-refractivity contribution in [2.45, 2.75) is 17.7 Å². The topological polar surface area (TPSA) is 110 Å². The Hall–Kier alpha value is -2.16. The minimum atomic E-state index is -3.59. The maximum Gasteiger partial charge on any atom is 0.314 e. The van der Waals surface area contributed by atoms with Crippen LogP contribution < -0.4 is 11.1 Å². The van der Waals surface area contributed by atoms with Gasteiger partial charge in [-0.05, 0) is 37.1 Å². The van der Waals surface area contributed by atoms with Gasteiger partial charge < -0.3 is 16.0 Å². The molecule has 132 valence electrons. The standard InChI is InChI=1S/C15H20FN3O4S/c16-12-3-5-13(6-4-12)24(22,23)9-7-18-14(20)11-2-1-8-19(10-11)15(17)21/h3-6,11H,1-2,7-10H2,(H2,17,21)(H,18,20). The van der Waals surface area contributed by atoms with Crippen LogP contribution in [0.5, 0.6) is 0 Å². The van der Waals surface area contributed by atoms with Crippen molar-refractivity contribution in [3.8, 4) is 0 Å². The minimum absolute atomic E-state index is 0.00992. The van der Waals surface area contributed by atoms with Gasteiger partial charge in [0.1, 0.15) is 5.82 Å². The fourth-order valence-electron chi connectivity index (χ4n) is 2.60. The lowest BCUT2D eigenvalue weighted by Gasteiger charge is -2.30. The number of nitrogens with two attached hydrogens (primary N) is 1. The molecule has 1 heterocycles. The molecule has 1 saturated heterocycles. The molecule has 0 aliphatic carbocycles. The van der Waals surface area contributed by atoms with Crippen LogP contribution in [0.1, 0.15) is 12.8 Å². The molecule has 0 spiro atoms. The highest BCUT2D eigenvalue weighted by atomic mass is 32.2. The van der Waals surface area contributed by atoms with E-state index in [4.69, 9.17) is 5.73 Å². The number of halogens is 1. The van der Waals surface area contributed by atoms with Crippen LogP contribution in [0.2, 0.25) is 0 Å². The van der Waals surface area contributed by atoms with E-state index in [2.05, 4.69) is 5.32 Å². The zero-order valence-corrected chi connectivity index (χ0v) is 13.9. The fourth-order valence-corrected chi connectivity index (χ4v) is 3.76. The van der Waals surface area contributed by atoms with Crippen molar-refractivity contribution in [1.82, 2.24) is 10.2 Å². The Morgan fingerprint density at radius 1 is 1.29 bits per heavy atom. The molecule has 1 aliphatic heterocycles. The second kappa shape index (κ2) is 7.61. The summed E-state index contributed by atoms with van der Waals surface area (Å²) in [4.78, 5) is 24.7. The maximum absolute atomic E-state index is 12.8. The molecule has 7 nitrogen and oxygen atoms in total. The second-order valence-corrected chi connectivity index (χ2v) is 7.80.